The van der Waals surface area contributed by atoms with E-state index in [0.29, 0.717) is 11.3 Å². The Kier molecular flexibility index (Phi) is 5.29. The molecule has 1 saturated heterocycles. The van der Waals surface area contributed by atoms with Crippen molar-refractivity contribution >= 4 is 52.0 Å². The van der Waals surface area contributed by atoms with Gasteiger partial charge in [0.2, 0.25) is 0 Å². The van der Waals surface area contributed by atoms with E-state index in [1.165, 1.54) is 60.7 Å². The summed E-state index contributed by atoms with van der Waals surface area (Å²) < 4.78 is 0. The molecule has 0 atom stereocenters. The van der Waals surface area contributed by atoms with Crippen molar-refractivity contribution in [3.8, 4) is 5.75 Å². The molecule has 0 radical (unpaired) electrons. The highest BCUT2D eigenvalue weighted by Crippen LogP contribution is 2.36. The number of anilines is 1. The molecule has 1 aliphatic rings. The molecule has 0 aromatic heterocycles. The maximum Gasteiger partial charge on any atom is 0.298 e. The number of amides is 2. The normalized spacial score (nSPS) is 16.3. The molecule has 0 unspecified atom stereocenters. The molecule has 2 aromatic rings. The number of halogens is 1. The highest BCUT2D eigenvalue weighted by atomic mass is 35.5. The largest absolute Gasteiger partial charge is 0.508 e. The lowest BCUT2D eigenvalue weighted by Gasteiger charge is -2.12. The predicted molar refractivity (Wildman–Crippen MR) is 104 cm³/mol. The first-order valence-electron chi connectivity index (χ1n) is 7.54. The number of nitro benzene ring substituents is 1. The molecule has 1 heterocycles. The summed E-state index contributed by atoms with van der Waals surface area (Å²) in [6.07, 6.45) is 2.90. The van der Waals surface area contributed by atoms with Crippen LogP contribution in [-0.2, 0) is 4.79 Å². The van der Waals surface area contributed by atoms with Crippen molar-refractivity contribution in [2.45, 2.75) is 0 Å². The standard InChI is InChI=1S/C18H11ClN2O5S/c19-12(9-11-1-3-14(4-2-11)21(25)26)10-16-17(23)20(18(24)27-16)13-5-7-15(22)8-6-13/h1-10,22H. The first-order valence-corrected chi connectivity index (χ1v) is 8.73. The van der Waals surface area contributed by atoms with Gasteiger partial charge in [-0.3, -0.25) is 19.7 Å². The van der Waals surface area contributed by atoms with E-state index in [1.807, 2.05) is 0 Å². The molecule has 0 aliphatic carbocycles. The number of phenols is 1. The molecule has 2 amide bonds. The van der Waals surface area contributed by atoms with Gasteiger partial charge in [-0.25, -0.2) is 4.90 Å². The smallest absolute Gasteiger partial charge is 0.298 e. The van der Waals surface area contributed by atoms with Crippen LogP contribution in [0.4, 0.5) is 16.2 Å². The van der Waals surface area contributed by atoms with Gasteiger partial charge >= 0.3 is 0 Å². The number of aromatic hydroxyl groups is 1. The van der Waals surface area contributed by atoms with Gasteiger partial charge in [0, 0.05) is 17.2 Å². The van der Waals surface area contributed by atoms with Gasteiger partial charge in [-0.15, -0.1) is 0 Å². The summed E-state index contributed by atoms with van der Waals surface area (Å²) in [7, 11) is 0. The topological polar surface area (TPSA) is 101 Å². The third kappa shape index (κ3) is 4.18. The van der Waals surface area contributed by atoms with Crippen LogP contribution >= 0.6 is 23.4 Å². The molecule has 7 nitrogen and oxygen atoms in total. The molecular weight excluding hydrogens is 392 g/mol. The SMILES string of the molecule is O=C1SC(=CC(Cl)=Cc2ccc([N+](=O)[O-])cc2)C(=O)N1c1ccc(O)cc1. The zero-order valence-corrected chi connectivity index (χ0v) is 15.1. The van der Waals surface area contributed by atoms with Crippen molar-refractivity contribution in [1.29, 1.82) is 0 Å². The van der Waals surface area contributed by atoms with Crippen LogP contribution in [0, 0.1) is 10.1 Å². The number of phenolic OH excluding ortho intramolecular Hbond substituents is 1. The third-order valence-corrected chi connectivity index (χ3v) is 4.67. The average molecular weight is 403 g/mol. The van der Waals surface area contributed by atoms with Crippen molar-refractivity contribution in [3.63, 3.8) is 0 Å². The monoisotopic (exact) mass is 402 g/mol. The molecule has 1 aliphatic heterocycles. The van der Waals surface area contributed by atoms with Crippen LogP contribution in [0.25, 0.3) is 6.08 Å². The fourth-order valence-corrected chi connectivity index (χ4v) is 3.44. The number of rotatable bonds is 4. The molecule has 1 fully saturated rings. The van der Waals surface area contributed by atoms with E-state index >= 15 is 0 Å². The molecule has 2 aromatic carbocycles. The van der Waals surface area contributed by atoms with Crippen molar-refractivity contribution < 1.29 is 19.6 Å². The number of allylic oxidation sites excluding steroid dienone is 2. The lowest BCUT2D eigenvalue weighted by molar-refractivity contribution is -0.384. The second-order valence-corrected chi connectivity index (χ2v) is 6.84. The number of benzene rings is 2. The van der Waals surface area contributed by atoms with E-state index in [2.05, 4.69) is 0 Å². The van der Waals surface area contributed by atoms with Gasteiger partial charge in [0.1, 0.15) is 5.75 Å². The van der Waals surface area contributed by atoms with Gasteiger partial charge in [-0.1, -0.05) is 11.6 Å². The van der Waals surface area contributed by atoms with Crippen LogP contribution in [-0.4, -0.2) is 21.2 Å². The minimum absolute atomic E-state index is 0.0235. The van der Waals surface area contributed by atoms with Crippen molar-refractivity contribution in [3.05, 3.63) is 80.2 Å². The Bertz CT molecular complexity index is 984. The summed E-state index contributed by atoms with van der Waals surface area (Å²) in [4.78, 5) is 36.0. The zero-order valence-electron chi connectivity index (χ0n) is 13.5. The number of hydrogen-bond acceptors (Lipinski definition) is 6. The summed E-state index contributed by atoms with van der Waals surface area (Å²) in [5.74, 6) is -0.499. The number of imide groups is 1. The Morgan fingerprint density at radius 2 is 1.74 bits per heavy atom. The summed E-state index contributed by atoms with van der Waals surface area (Å²) >= 11 is 6.90. The van der Waals surface area contributed by atoms with Crippen LogP contribution in [0.2, 0.25) is 0 Å². The molecular formula is C18H11ClN2O5S. The fourth-order valence-electron chi connectivity index (χ4n) is 2.31. The number of carbonyl (C=O) groups excluding carboxylic acids is 2. The first-order chi connectivity index (χ1) is 12.8. The van der Waals surface area contributed by atoms with E-state index in [1.54, 1.807) is 0 Å². The van der Waals surface area contributed by atoms with Gasteiger partial charge < -0.3 is 5.11 Å². The van der Waals surface area contributed by atoms with Crippen molar-refractivity contribution in [2.24, 2.45) is 0 Å². The number of non-ortho nitro benzene ring substituents is 1. The van der Waals surface area contributed by atoms with Crippen LogP contribution < -0.4 is 4.90 Å². The highest BCUT2D eigenvalue weighted by molar-refractivity contribution is 8.18. The first kappa shape index (κ1) is 18.7. The minimum Gasteiger partial charge on any atom is -0.508 e. The van der Waals surface area contributed by atoms with Gasteiger partial charge in [0.15, 0.2) is 0 Å². The number of nitro groups is 1. The van der Waals surface area contributed by atoms with E-state index in [4.69, 9.17) is 11.6 Å². The number of thioether (sulfide) groups is 1. The Morgan fingerprint density at radius 1 is 1.11 bits per heavy atom. The second kappa shape index (κ2) is 7.65. The molecule has 0 bridgehead atoms. The van der Waals surface area contributed by atoms with Gasteiger partial charge in [0.05, 0.1) is 15.5 Å². The lowest BCUT2D eigenvalue weighted by atomic mass is 10.2. The Balaban J connectivity index is 1.82. The molecule has 27 heavy (non-hydrogen) atoms. The van der Waals surface area contributed by atoms with E-state index < -0.39 is 16.1 Å². The summed E-state index contributed by atoms with van der Waals surface area (Å²) in [5, 5.41) is 19.7. The molecule has 0 saturated carbocycles. The average Bonchev–Trinajstić information content (AvgIpc) is 2.90. The molecule has 1 N–H and O–H groups in total. The van der Waals surface area contributed by atoms with Crippen LogP contribution in [0.3, 0.4) is 0 Å². The summed E-state index contributed by atoms with van der Waals surface area (Å²) in [6, 6.07) is 11.4. The Labute approximate surface area is 162 Å². The highest BCUT2D eigenvalue weighted by Gasteiger charge is 2.36. The second-order valence-electron chi connectivity index (χ2n) is 5.41. The third-order valence-electron chi connectivity index (χ3n) is 3.58. The van der Waals surface area contributed by atoms with E-state index in [9.17, 15) is 24.8 Å². The fraction of sp³-hybridized carbons (Fsp3) is 0. The molecule has 0 spiro atoms. The van der Waals surface area contributed by atoms with Gasteiger partial charge in [-0.2, -0.15) is 0 Å². The van der Waals surface area contributed by atoms with E-state index in [-0.39, 0.29) is 21.4 Å². The van der Waals surface area contributed by atoms with Crippen LogP contribution in [0.1, 0.15) is 5.56 Å². The number of nitrogens with zero attached hydrogens (tertiary/aromatic N) is 2. The van der Waals surface area contributed by atoms with Crippen LogP contribution in [0.15, 0.2) is 64.5 Å². The Morgan fingerprint density at radius 3 is 2.33 bits per heavy atom. The van der Waals surface area contributed by atoms with Crippen LogP contribution in [0.5, 0.6) is 5.75 Å². The quantitative estimate of drug-likeness (QED) is 0.453. The summed E-state index contributed by atoms with van der Waals surface area (Å²) in [6.45, 7) is 0. The van der Waals surface area contributed by atoms with Crippen molar-refractivity contribution in [2.75, 3.05) is 4.90 Å². The number of hydrogen-bond donors (Lipinski definition) is 1. The lowest BCUT2D eigenvalue weighted by Crippen LogP contribution is -2.27. The molecule has 9 heteroatoms. The van der Waals surface area contributed by atoms with E-state index in [0.717, 1.165) is 16.7 Å². The van der Waals surface area contributed by atoms with Gasteiger partial charge in [0.25, 0.3) is 16.8 Å². The maximum atomic E-state index is 12.5. The van der Waals surface area contributed by atoms with Crippen molar-refractivity contribution in [1.82, 2.24) is 0 Å². The zero-order chi connectivity index (χ0) is 19.6. The molecule has 136 valence electrons. The predicted octanol–water partition coefficient (Wildman–Crippen LogP) is 4.66. The molecule has 3 rings (SSSR count). The van der Waals surface area contributed by atoms with Gasteiger partial charge in [-0.05, 0) is 65.9 Å². The minimum atomic E-state index is -0.522. The Hall–Kier alpha value is -3.10. The maximum absolute atomic E-state index is 12.5. The number of carbonyl (C=O) groups is 2. The summed E-state index contributed by atoms with van der Waals surface area (Å²) in [5.41, 5.74) is 0.909.